The zero-order valence-electron chi connectivity index (χ0n) is 14.1. The minimum absolute atomic E-state index is 0.182. The average Bonchev–Trinajstić information content (AvgIpc) is 2.60. The highest BCUT2D eigenvalue weighted by molar-refractivity contribution is 6.05. The van der Waals surface area contributed by atoms with Crippen LogP contribution in [0.1, 0.15) is 42.1 Å². The lowest BCUT2D eigenvalue weighted by Crippen LogP contribution is -2.14. The van der Waals surface area contributed by atoms with E-state index in [9.17, 15) is 4.79 Å². The molecule has 2 aromatic rings. The van der Waals surface area contributed by atoms with E-state index in [0.29, 0.717) is 23.0 Å². The SMILES string of the molecule is CCC(C)c1ccccc1NC(=O)c1cc(OC)cc(OC)c1. The van der Waals surface area contributed by atoms with Gasteiger partial charge in [0.2, 0.25) is 0 Å². The first kappa shape index (κ1) is 16.9. The first-order chi connectivity index (χ1) is 11.1. The predicted molar refractivity (Wildman–Crippen MR) is 92.6 cm³/mol. The highest BCUT2D eigenvalue weighted by Gasteiger charge is 2.14. The topological polar surface area (TPSA) is 47.6 Å². The Morgan fingerprint density at radius 2 is 1.70 bits per heavy atom. The molecule has 4 nitrogen and oxygen atoms in total. The van der Waals surface area contributed by atoms with E-state index in [4.69, 9.17) is 9.47 Å². The number of carbonyl (C=O) groups is 1. The van der Waals surface area contributed by atoms with Gasteiger partial charge in [0.25, 0.3) is 5.91 Å². The molecule has 2 aromatic carbocycles. The van der Waals surface area contributed by atoms with E-state index in [1.165, 1.54) is 0 Å². The molecule has 1 atom stereocenters. The summed E-state index contributed by atoms with van der Waals surface area (Å²) >= 11 is 0. The normalized spacial score (nSPS) is 11.7. The van der Waals surface area contributed by atoms with Gasteiger partial charge in [-0.2, -0.15) is 0 Å². The third-order valence-corrected chi connectivity index (χ3v) is 3.97. The number of ether oxygens (including phenoxy) is 2. The third kappa shape index (κ3) is 4.03. The number of anilines is 1. The molecule has 0 saturated heterocycles. The van der Waals surface area contributed by atoms with Gasteiger partial charge in [-0.1, -0.05) is 32.0 Å². The molecule has 0 aliphatic heterocycles. The Labute approximate surface area is 137 Å². The average molecular weight is 313 g/mol. The van der Waals surface area contributed by atoms with E-state index < -0.39 is 0 Å². The Bertz CT molecular complexity index is 660. The minimum atomic E-state index is -0.182. The monoisotopic (exact) mass is 313 g/mol. The zero-order chi connectivity index (χ0) is 16.8. The molecule has 1 N–H and O–H groups in total. The Kier molecular flexibility index (Phi) is 5.63. The van der Waals surface area contributed by atoms with E-state index >= 15 is 0 Å². The van der Waals surface area contributed by atoms with E-state index in [0.717, 1.165) is 17.7 Å². The van der Waals surface area contributed by atoms with Crippen LogP contribution in [0.25, 0.3) is 0 Å². The van der Waals surface area contributed by atoms with Gasteiger partial charge in [-0.05, 0) is 36.1 Å². The van der Waals surface area contributed by atoms with Crippen molar-refractivity contribution in [2.45, 2.75) is 26.2 Å². The van der Waals surface area contributed by atoms with Crippen LogP contribution in [0.3, 0.4) is 0 Å². The number of carbonyl (C=O) groups excluding carboxylic acids is 1. The Balaban J connectivity index is 2.29. The fraction of sp³-hybridized carbons (Fsp3) is 0.316. The maximum Gasteiger partial charge on any atom is 0.255 e. The highest BCUT2D eigenvalue weighted by Crippen LogP contribution is 2.28. The molecule has 0 fully saturated rings. The molecule has 0 aromatic heterocycles. The smallest absolute Gasteiger partial charge is 0.255 e. The number of methoxy groups -OCH3 is 2. The summed E-state index contributed by atoms with van der Waals surface area (Å²) in [4.78, 5) is 12.6. The van der Waals surface area contributed by atoms with Crippen LogP contribution < -0.4 is 14.8 Å². The summed E-state index contributed by atoms with van der Waals surface area (Å²) in [6, 6.07) is 13.0. The van der Waals surface area contributed by atoms with Gasteiger partial charge in [0.1, 0.15) is 11.5 Å². The molecule has 0 radical (unpaired) electrons. The fourth-order valence-electron chi connectivity index (χ4n) is 2.39. The molecular formula is C19H23NO3. The molecular weight excluding hydrogens is 290 g/mol. The molecule has 0 aliphatic rings. The number of hydrogen-bond donors (Lipinski definition) is 1. The quantitative estimate of drug-likeness (QED) is 0.856. The highest BCUT2D eigenvalue weighted by atomic mass is 16.5. The number of para-hydroxylation sites is 1. The van der Waals surface area contributed by atoms with Gasteiger partial charge < -0.3 is 14.8 Å². The van der Waals surface area contributed by atoms with Gasteiger partial charge in [-0.25, -0.2) is 0 Å². The second kappa shape index (κ2) is 7.68. The maximum absolute atomic E-state index is 12.6. The lowest BCUT2D eigenvalue weighted by atomic mass is 9.97. The second-order valence-corrected chi connectivity index (χ2v) is 5.45. The Morgan fingerprint density at radius 1 is 1.09 bits per heavy atom. The summed E-state index contributed by atoms with van der Waals surface area (Å²) < 4.78 is 10.4. The molecule has 0 heterocycles. The lowest BCUT2D eigenvalue weighted by Gasteiger charge is -2.16. The van der Waals surface area contributed by atoms with Crippen molar-refractivity contribution in [1.82, 2.24) is 0 Å². The van der Waals surface area contributed by atoms with Crippen LogP contribution in [0.15, 0.2) is 42.5 Å². The van der Waals surface area contributed by atoms with Crippen molar-refractivity contribution in [3.63, 3.8) is 0 Å². The van der Waals surface area contributed by atoms with Crippen LogP contribution >= 0.6 is 0 Å². The van der Waals surface area contributed by atoms with Crippen LogP contribution in [0.2, 0.25) is 0 Å². The molecule has 1 unspecified atom stereocenters. The standard InChI is InChI=1S/C19H23NO3/c1-5-13(2)17-8-6-7-9-18(17)20-19(21)14-10-15(22-3)12-16(11-14)23-4/h6-13H,5H2,1-4H3,(H,20,21). The van der Waals surface area contributed by atoms with Crippen LogP contribution in [-0.2, 0) is 0 Å². The summed E-state index contributed by atoms with van der Waals surface area (Å²) in [6.45, 7) is 4.29. The number of nitrogens with one attached hydrogen (secondary N) is 1. The van der Waals surface area contributed by atoms with E-state index in [-0.39, 0.29) is 5.91 Å². The van der Waals surface area contributed by atoms with Crippen molar-refractivity contribution >= 4 is 11.6 Å². The van der Waals surface area contributed by atoms with Gasteiger partial charge in [-0.3, -0.25) is 4.79 Å². The summed E-state index contributed by atoms with van der Waals surface area (Å²) in [5.41, 5.74) is 2.48. The van der Waals surface area contributed by atoms with Gasteiger partial charge in [0.15, 0.2) is 0 Å². The van der Waals surface area contributed by atoms with Gasteiger partial charge in [0.05, 0.1) is 14.2 Å². The molecule has 0 aliphatic carbocycles. The Morgan fingerprint density at radius 3 is 2.26 bits per heavy atom. The molecule has 23 heavy (non-hydrogen) atoms. The van der Waals surface area contributed by atoms with Crippen molar-refractivity contribution in [2.24, 2.45) is 0 Å². The second-order valence-electron chi connectivity index (χ2n) is 5.45. The Hall–Kier alpha value is -2.49. The number of benzene rings is 2. The van der Waals surface area contributed by atoms with Crippen molar-refractivity contribution in [3.8, 4) is 11.5 Å². The fourth-order valence-corrected chi connectivity index (χ4v) is 2.39. The van der Waals surface area contributed by atoms with E-state index in [1.54, 1.807) is 32.4 Å². The molecule has 2 rings (SSSR count). The molecule has 4 heteroatoms. The lowest BCUT2D eigenvalue weighted by molar-refractivity contribution is 0.102. The summed E-state index contributed by atoms with van der Waals surface area (Å²) in [7, 11) is 3.13. The number of hydrogen-bond acceptors (Lipinski definition) is 3. The van der Waals surface area contributed by atoms with Crippen molar-refractivity contribution in [1.29, 1.82) is 0 Å². The third-order valence-electron chi connectivity index (χ3n) is 3.97. The molecule has 0 bridgehead atoms. The molecule has 0 spiro atoms. The largest absolute Gasteiger partial charge is 0.497 e. The zero-order valence-corrected chi connectivity index (χ0v) is 14.1. The predicted octanol–water partition coefficient (Wildman–Crippen LogP) is 4.47. The van der Waals surface area contributed by atoms with Crippen LogP contribution in [-0.4, -0.2) is 20.1 Å². The molecule has 1 amide bonds. The summed E-state index contributed by atoms with van der Waals surface area (Å²) in [5, 5.41) is 2.99. The van der Waals surface area contributed by atoms with E-state index in [1.807, 2.05) is 18.2 Å². The van der Waals surface area contributed by atoms with Crippen LogP contribution in [0.5, 0.6) is 11.5 Å². The van der Waals surface area contributed by atoms with Crippen molar-refractivity contribution in [3.05, 3.63) is 53.6 Å². The maximum atomic E-state index is 12.6. The van der Waals surface area contributed by atoms with Gasteiger partial charge in [0, 0.05) is 17.3 Å². The molecule has 122 valence electrons. The van der Waals surface area contributed by atoms with Crippen molar-refractivity contribution in [2.75, 3.05) is 19.5 Å². The van der Waals surface area contributed by atoms with Gasteiger partial charge in [-0.15, -0.1) is 0 Å². The number of amides is 1. The van der Waals surface area contributed by atoms with Crippen LogP contribution in [0.4, 0.5) is 5.69 Å². The van der Waals surface area contributed by atoms with E-state index in [2.05, 4.69) is 25.2 Å². The first-order valence-corrected chi connectivity index (χ1v) is 7.72. The first-order valence-electron chi connectivity index (χ1n) is 7.72. The van der Waals surface area contributed by atoms with Crippen molar-refractivity contribution < 1.29 is 14.3 Å². The summed E-state index contributed by atoms with van der Waals surface area (Å²) in [6.07, 6.45) is 1.01. The van der Waals surface area contributed by atoms with Gasteiger partial charge >= 0.3 is 0 Å². The number of rotatable bonds is 6. The minimum Gasteiger partial charge on any atom is -0.497 e. The van der Waals surface area contributed by atoms with Crippen LogP contribution in [0, 0.1) is 0 Å². The molecule has 0 saturated carbocycles. The summed E-state index contributed by atoms with van der Waals surface area (Å²) in [5.74, 6) is 1.37.